The Balaban J connectivity index is 0.914. The van der Waals surface area contributed by atoms with E-state index in [4.69, 9.17) is 4.99 Å². The molecular formula is C32H38N4O2. The average molecular weight is 511 g/mol. The van der Waals surface area contributed by atoms with E-state index in [9.17, 15) is 9.59 Å². The van der Waals surface area contributed by atoms with Crippen molar-refractivity contribution in [2.45, 2.75) is 75.9 Å². The quantitative estimate of drug-likeness (QED) is 0.542. The van der Waals surface area contributed by atoms with Gasteiger partial charge in [0.25, 0.3) is 5.91 Å². The molecule has 5 unspecified atom stereocenters. The largest absolute Gasteiger partial charge is 0.361 e. The van der Waals surface area contributed by atoms with Gasteiger partial charge in [0.05, 0.1) is 12.1 Å². The van der Waals surface area contributed by atoms with Crippen LogP contribution in [0, 0.1) is 41.4 Å². The molecule has 198 valence electrons. The van der Waals surface area contributed by atoms with Crippen molar-refractivity contribution in [3.05, 3.63) is 53.6 Å². The molecule has 5 atom stereocenters. The van der Waals surface area contributed by atoms with Crippen molar-refractivity contribution in [3.63, 3.8) is 0 Å². The second-order valence-electron chi connectivity index (χ2n) is 13.4. The lowest BCUT2D eigenvalue weighted by molar-refractivity contribution is -0.122. The highest BCUT2D eigenvalue weighted by Gasteiger charge is 2.49. The van der Waals surface area contributed by atoms with Crippen molar-refractivity contribution in [1.29, 1.82) is 0 Å². The predicted molar refractivity (Wildman–Crippen MR) is 147 cm³/mol. The predicted octanol–water partition coefficient (Wildman–Crippen LogP) is 4.59. The van der Waals surface area contributed by atoms with Gasteiger partial charge in [-0.2, -0.15) is 0 Å². The van der Waals surface area contributed by atoms with Gasteiger partial charge in [-0.3, -0.25) is 14.6 Å². The zero-order valence-electron chi connectivity index (χ0n) is 21.9. The summed E-state index contributed by atoms with van der Waals surface area (Å²) in [7, 11) is 0. The minimum Gasteiger partial charge on any atom is -0.361 e. The molecular weight excluding hydrogens is 472 g/mol. The first-order valence-electron chi connectivity index (χ1n) is 15.0. The van der Waals surface area contributed by atoms with E-state index in [-0.39, 0.29) is 29.8 Å². The van der Waals surface area contributed by atoms with E-state index in [0.717, 1.165) is 46.8 Å². The molecule has 2 amide bonds. The van der Waals surface area contributed by atoms with Crippen LogP contribution in [-0.2, 0) is 9.59 Å². The van der Waals surface area contributed by atoms with Crippen LogP contribution in [0.4, 0.5) is 5.69 Å². The molecule has 1 aromatic rings. The Labute approximate surface area is 224 Å². The van der Waals surface area contributed by atoms with Gasteiger partial charge in [-0.15, -0.1) is 0 Å². The van der Waals surface area contributed by atoms with E-state index in [2.05, 4.69) is 22.0 Å². The first-order chi connectivity index (χ1) is 18.6. The molecule has 0 radical (unpaired) electrons. The molecule has 1 heterocycles. The van der Waals surface area contributed by atoms with Gasteiger partial charge in [-0.25, -0.2) is 0 Å². The molecule has 6 fully saturated rings. The lowest BCUT2D eigenvalue weighted by Crippen LogP contribution is -2.56. The molecule has 6 nitrogen and oxygen atoms in total. The normalized spacial score (nSPS) is 41.4. The van der Waals surface area contributed by atoms with Gasteiger partial charge >= 0.3 is 0 Å². The zero-order valence-corrected chi connectivity index (χ0v) is 21.9. The highest BCUT2D eigenvalue weighted by Crippen LogP contribution is 2.53. The molecule has 0 spiro atoms. The molecule has 6 heteroatoms. The summed E-state index contributed by atoms with van der Waals surface area (Å²) in [5, 5.41) is 10.1. The summed E-state index contributed by atoms with van der Waals surface area (Å²) in [6, 6.07) is 8.34. The maximum Gasteiger partial charge on any atom is 0.251 e. The summed E-state index contributed by atoms with van der Waals surface area (Å²) in [4.78, 5) is 31.0. The fourth-order valence-corrected chi connectivity index (χ4v) is 9.48. The second-order valence-corrected chi connectivity index (χ2v) is 13.4. The minimum absolute atomic E-state index is 0.0661. The number of hydrogen-bond donors (Lipinski definition) is 3. The highest BCUT2D eigenvalue weighted by atomic mass is 16.2. The van der Waals surface area contributed by atoms with Crippen molar-refractivity contribution in [2.24, 2.45) is 46.4 Å². The van der Waals surface area contributed by atoms with E-state index in [1.807, 2.05) is 36.4 Å². The number of nitrogens with one attached hydrogen (secondary N) is 3. The van der Waals surface area contributed by atoms with Crippen LogP contribution in [0.5, 0.6) is 0 Å². The summed E-state index contributed by atoms with van der Waals surface area (Å²) in [5.41, 5.74) is 2.59. The van der Waals surface area contributed by atoms with Gasteiger partial charge in [-0.05, 0) is 117 Å². The number of fused-ring (bicyclic) bond motifs is 3. The van der Waals surface area contributed by atoms with Gasteiger partial charge in [-0.1, -0.05) is 18.6 Å². The molecule has 1 aliphatic heterocycles. The maximum atomic E-state index is 13.3. The van der Waals surface area contributed by atoms with Crippen LogP contribution in [0.1, 0.15) is 63.4 Å². The molecule has 8 aliphatic rings. The Kier molecular flexibility index (Phi) is 5.35. The van der Waals surface area contributed by atoms with Gasteiger partial charge in [0.15, 0.2) is 0 Å². The van der Waals surface area contributed by atoms with Gasteiger partial charge < -0.3 is 16.0 Å². The summed E-state index contributed by atoms with van der Waals surface area (Å²) >= 11 is 0. The third-order valence-electron chi connectivity index (χ3n) is 11.1. The number of amidine groups is 1. The summed E-state index contributed by atoms with van der Waals surface area (Å²) in [5.74, 6) is 5.79. The van der Waals surface area contributed by atoms with Gasteiger partial charge in [0.1, 0.15) is 5.84 Å². The Morgan fingerprint density at radius 1 is 0.842 bits per heavy atom. The number of hydrogen-bond acceptors (Lipinski definition) is 4. The number of rotatable bonds is 5. The fraction of sp³-hybridized carbons (Fsp3) is 0.594. The molecule has 38 heavy (non-hydrogen) atoms. The number of carbonyl (C=O) groups excluding carboxylic acids is 2. The third kappa shape index (κ3) is 3.94. The Morgan fingerprint density at radius 2 is 1.58 bits per heavy atom. The fourth-order valence-electron chi connectivity index (χ4n) is 9.48. The van der Waals surface area contributed by atoms with E-state index < -0.39 is 0 Å². The first kappa shape index (κ1) is 23.0. The summed E-state index contributed by atoms with van der Waals surface area (Å²) < 4.78 is 0. The Hall–Kier alpha value is -2.89. The third-order valence-corrected chi connectivity index (χ3v) is 11.1. The van der Waals surface area contributed by atoms with Gasteiger partial charge in [0, 0.05) is 28.8 Å². The minimum atomic E-state index is -0.0774. The molecule has 9 rings (SSSR count). The second kappa shape index (κ2) is 8.82. The molecule has 1 aromatic carbocycles. The summed E-state index contributed by atoms with van der Waals surface area (Å²) in [6.07, 6.45) is 17.5. The average Bonchev–Trinajstić information content (AvgIpc) is 3.66. The van der Waals surface area contributed by atoms with Crippen molar-refractivity contribution in [1.82, 2.24) is 10.6 Å². The first-order valence-corrected chi connectivity index (χ1v) is 15.0. The van der Waals surface area contributed by atoms with Crippen LogP contribution in [0.2, 0.25) is 0 Å². The van der Waals surface area contributed by atoms with Gasteiger partial charge in [0.2, 0.25) is 5.91 Å². The molecule has 7 aliphatic carbocycles. The molecule has 0 saturated heterocycles. The molecule has 0 aromatic heterocycles. The van der Waals surface area contributed by atoms with Crippen LogP contribution in [-0.4, -0.2) is 35.8 Å². The van der Waals surface area contributed by atoms with Crippen LogP contribution >= 0.6 is 0 Å². The number of nitrogens with zero attached hydrogens (tertiary/aromatic N) is 1. The standard InChI is InChI=1S/C32H38N4O2/c37-31(36-29-23-11-18-9-19(13-23)14-24(29)12-18)22-5-8-27-28(16-22)35-30(34-27)20-3-6-25(7-4-20)33-32(38)26-15-17-1-2-21(26)10-17/h3-8,16-19,21,23-24,26-29H,1-2,9-15H2,(H,33,38)(H,34,35)(H,36,37)/t17?,18-,19+,21?,23-,24?,26?,27?,28?,29?. The van der Waals surface area contributed by atoms with Crippen molar-refractivity contribution in [3.8, 4) is 0 Å². The van der Waals surface area contributed by atoms with Crippen molar-refractivity contribution < 1.29 is 9.59 Å². The van der Waals surface area contributed by atoms with Crippen LogP contribution < -0.4 is 16.0 Å². The van der Waals surface area contributed by atoms with Crippen LogP contribution in [0.3, 0.4) is 0 Å². The van der Waals surface area contributed by atoms with Crippen molar-refractivity contribution >= 4 is 23.3 Å². The topological polar surface area (TPSA) is 82.6 Å². The van der Waals surface area contributed by atoms with Crippen LogP contribution in [0.25, 0.3) is 0 Å². The smallest absolute Gasteiger partial charge is 0.251 e. The maximum absolute atomic E-state index is 13.3. The molecule has 3 N–H and O–H groups in total. The Bertz CT molecular complexity index is 1220. The van der Waals surface area contributed by atoms with E-state index >= 15 is 0 Å². The summed E-state index contributed by atoms with van der Waals surface area (Å²) in [6.45, 7) is 0. The molecule has 6 bridgehead atoms. The van der Waals surface area contributed by atoms with E-state index in [1.165, 1.54) is 51.4 Å². The lowest BCUT2D eigenvalue weighted by atomic mass is 9.54. The number of carbonyl (C=O) groups is 2. The zero-order chi connectivity index (χ0) is 25.4. The van der Waals surface area contributed by atoms with Crippen molar-refractivity contribution in [2.75, 3.05) is 5.32 Å². The number of aliphatic imine (C=N–C) groups is 1. The Morgan fingerprint density at radius 3 is 2.26 bits per heavy atom. The van der Waals surface area contributed by atoms with Crippen LogP contribution in [0.15, 0.2) is 53.1 Å². The number of benzene rings is 1. The highest BCUT2D eigenvalue weighted by molar-refractivity contribution is 6.02. The SMILES string of the molecule is O=C(NC1C2C[C@H]3C[C@@H](C2)C[C@@H]1C3)C1=CC2N=C(c3ccc(NC(=O)C4CC5CCC4C5)cc3)NC2C=C1. The lowest BCUT2D eigenvalue weighted by Gasteiger charge is -2.54. The molecule has 6 saturated carbocycles. The van der Waals surface area contributed by atoms with E-state index in [1.54, 1.807) is 0 Å². The monoisotopic (exact) mass is 510 g/mol. The number of anilines is 1. The number of amides is 2. The van der Waals surface area contributed by atoms with E-state index in [0.29, 0.717) is 23.8 Å².